The smallest absolute Gasteiger partial charge is 0.336 e. The van der Waals surface area contributed by atoms with Gasteiger partial charge in [-0.25, -0.2) is 17.9 Å². The van der Waals surface area contributed by atoms with Gasteiger partial charge < -0.3 is 5.11 Å². The quantitative estimate of drug-likeness (QED) is 0.804. The van der Waals surface area contributed by atoms with Gasteiger partial charge in [0.05, 0.1) is 10.5 Å². The van der Waals surface area contributed by atoms with Crippen LogP contribution in [0, 0.1) is 6.92 Å². The first kappa shape index (κ1) is 18.1. The van der Waals surface area contributed by atoms with E-state index >= 15 is 0 Å². The van der Waals surface area contributed by atoms with Gasteiger partial charge in [0.25, 0.3) is 0 Å². The first-order valence-electron chi connectivity index (χ1n) is 5.91. The van der Waals surface area contributed by atoms with E-state index in [0.29, 0.717) is 0 Å². The highest BCUT2D eigenvalue weighted by Crippen LogP contribution is 2.24. The largest absolute Gasteiger partial charge is 0.478 e. The number of carbonyl (C=O) groups is 1. The SMILES string of the molecule is Cc1c(C(=O)O)cc(Cl)cc1S(=O)(=O)NCC(C)S(C)=O. The van der Waals surface area contributed by atoms with E-state index in [1.807, 2.05) is 0 Å². The minimum atomic E-state index is -3.93. The first-order chi connectivity index (χ1) is 9.56. The monoisotopic (exact) mass is 353 g/mol. The van der Waals surface area contributed by atoms with Crippen LogP contribution in [0.5, 0.6) is 0 Å². The number of benzene rings is 1. The van der Waals surface area contributed by atoms with Crippen LogP contribution >= 0.6 is 11.6 Å². The average molecular weight is 354 g/mol. The van der Waals surface area contributed by atoms with Gasteiger partial charge in [-0.15, -0.1) is 0 Å². The molecule has 6 nitrogen and oxygen atoms in total. The Hall–Kier alpha value is -0.960. The molecule has 0 aliphatic heterocycles. The van der Waals surface area contributed by atoms with E-state index < -0.39 is 26.8 Å². The maximum atomic E-state index is 12.2. The molecule has 0 heterocycles. The van der Waals surface area contributed by atoms with Crippen molar-refractivity contribution in [1.29, 1.82) is 0 Å². The fraction of sp³-hybridized carbons (Fsp3) is 0.417. The fourth-order valence-corrected chi connectivity index (χ4v) is 3.70. The molecular formula is C12H16ClNO5S2. The maximum Gasteiger partial charge on any atom is 0.336 e. The van der Waals surface area contributed by atoms with Gasteiger partial charge in [-0.1, -0.05) is 11.6 Å². The Bertz CT molecular complexity index is 687. The lowest BCUT2D eigenvalue weighted by Crippen LogP contribution is -2.33. The summed E-state index contributed by atoms with van der Waals surface area (Å²) in [5.41, 5.74) is -0.0698. The number of rotatable bonds is 6. The molecule has 2 N–H and O–H groups in total. The Morgan fingerprint density at radius 2 is 2.05 bits per heavy atom. The summed E-state index contributed by atoms with van der Waals surface area (Å²) in [6.07, 6.45) is 1.48. The molecule has 0 saturated heterocycles. The van der Waals surface area contributed by atoms with E-state index in [1.165, 1.54) is 25.3 Å². The number of carboxylic acid groups (broad SMARTS) is 1. The Morgan fingerprint density at radius 1 is 1.48 bits per heavy atom. The van der Waals surface area contributed by atoms with Gasteiger partial charge >= 0.3 is 5.97 Å². The normalized spacial score (nSPS) is 14.7. The van der Waals surface area contributed by atoms with Crippen molar-refractivity contribution in [3.8, 4) is 0 Å². The Labute approximate surface area is 131 Å². The topological polar surface area (TPSA) is 101 Å². The van der Waals surface area contributed by atoms with Crippen LogP contribution in [0.1, 0.15) is 22.8 Å². The molecule has 21 heavy (non-hydrogen) atoms. The van der Waals surface area contributed by atoms with E-state index in [9.17, 15) is 17.4 Å². The summed E-state index contributed by atoms with van der Waals surface area (Å²) in [5, 5.41) is 8.71. The molecule has 0 radical (unpaired) electrons. The van der Waals surface area contributed by atoms with Gasteiger partial charge in [-0.05, 0) is 31.5 Å². The molecule has 0 saturated carbocycles. The second-order valence-electron chi connectivity index (χ2n) is 4.54. The molecule has 2 unspecified atom stereocenters. The number of hydrogen-bond donors (Lipinski definition) is 2. The Balaban J connectivity index is 3.20. The van der Waals surface area contributed by atoms with Crippen molar-refractivity contribution in [2.75, 3.05) is 12.8 Å². The zero-order chi connectivity index (χ0) is 16.4. The predicted octanol–water partition coefficient (Wildman–Crippen LogP) is 1.39. The molecule has 118 valence electrons. The molecule has 0 aliphatic carbocycles. The minimum absolute atomic E-state index is 0.0141. The number of sulfonamides is 1. The van der Waals surface area contributed by atoms with Crippen molar-refractivity contribution in [3.05, 3.63) is 28.3 Å². The van der Waals surface area contributed by atoms with Gasteiger partial charge in [0.15, 0.2) is 0 Å². The van der Waals surface area contributed by atoms with Crippen LogP contribution in [0.15, 0.2) is 17.0 Å². The number of carboxylic acids is 1. The number of nitrogens with one attached hydrogen (secondary N) is 1. The van der Waals surface area contributed by atoms with E-state index in [-0.39, 0.29) is 32.8 Å². The summed E-state index contributed by atoms with van der Waals surface area (Å²) in [6, 6.07) is 2.39. The molecule has 2 atom stereocenters. The van der Waals surface area contributed by atoms with Crippen molar-refractivity contribution >= 4 is 38.4 Å². The molecule has 0 bridgehead atoms. The zero-order valence-electron chi connectivity index (χ0n) is 11.7. The summed E-state index contributed by atoms with van der Waals surface area (Å²) in [4.78, 5) is 10.9. The predicted molar refractivity (Wildman–Crippen MR) is 81.9 cm³/mol. The minimum Gasteiger partial charge on any atom is -0.478 e. The molecule has 0 amide bonds. The van der Waals surface area contributed by atoms with Crippen LogP contribution in [0.2, 0.25) is 5.02 Å². The molecule has 1 aromatic rings. The lowest BCUT2D eigenvalue weighted by Gasteiger charge is -2.14. The van der Waals surface area contributed by atoms with Crippen molar-refractivity contribution in [2.45, 2.75) is 24.0 Å². The van der Waals surface area contributed by atoms with Crippen LogP contribution in [0.4, 0.5) is 0 Å². The molecular weight excluding hydrogens is 338 g/mol. The third kappa shape index (κ3) is 4.50. The third-order valence-electron chi connectivity index (χ3n) is 2.97. The summed E-state index contributed by atoms with van der Waals surface area (Å²) < 4.78 is 38.0. The van der Waals surface area contributed by atoms with Crippen LogP contribution in [0.3, 0.4) is 0 Å². The van der Waals surface area contributed by atoms with Gasteiger partial charge in [0.2, 0.25) is 10.0 Å². The highest BCUT2D eigenvalue weighted by molar-refractivity contribution is 7.89. The van der Waals surface area contributed by atoms with Crippen molar-refractivity contribution in [1.82, 2.24) is 4.72 Å². The van der Waals surface area contributed by atoms with E-state index in [1.54, 1.807) is 6.92 Å². The standard InChI is InChI=1S/C12H16ClNO5S2/c1-7(20(3)17)6-14-21(18,19)11-5-9(13)4-10(8(11)2)12(15)16/h4-5,7,14H,6H2,1-3H3,(H,15,16). The maximum absolute atomic E-state index is 12.2. The number of aromatic carboxylic acids is 1. The third-order valence-corrected chi connectivity index (χ3v) is 6.04. The molecule has 0 fully saturated rings. The molecule has 1 rings (SSSR count). The number of halogens is 1. The van der Waals surface area contributed by atoms with E-state index in [4.69, 9.17) is 16.7 Å². The zero-order valence-corrected chi connectivity index (χ0v) is 14.1. The summed E-state index contributed by atoms with van der Waals surface area (Å²) in [5.74, 6) is -1.26. The molecule has 9 heteroatoms. The van der Waals surface area contributed by atoms with Crippen LogP contribution < -0.4 is 4.72 Å². The van der Waals surface area contributed by atoms with Crippen LogP contribution in [-0.4, -0.2) is 41.8 Å². The highest BCUT2D eigenvalue weighted by atomic mass is 35.5. The lowest BCUT2D eigenvalue weighted by molar-refractivity contribution is 0.0696. The average Bonchev–Trinajstić information content (AvgIpc) is 2.37. The van der Waals surface area contributed by atoms with Crippen molar-refractivity contribution < 1.29 is 22.5 Å². The second-order valence-corrected chi connectivity index (χ2v) is 8.52. The fourth-order valence-electron chi connectivity index (χ4n) is 1.58. The lowest BCUT2D eigenvalue weighted by atomic mass is 10.1. The first-order valence-corrected chi connectivity index (χ1v) is 9.40. The molecule has 1 aromatic carbocycles. The van der Waals surface area contributed by atoms with Crippen molar-refractivity contribution in [2.24, 2.45) is 0 Å². The highest BCUT2D eigenvalue weighted by Gasteiger charge is 2.23. The van der Waals surface area contributed by atoms with E-state index in [2.05, 4.69) is 4.72 Å². The van der Waals surface area contributed by atoms with E-state index in [0.717, 1.165) is 0 Å². The van der Waals surface area contributed by atoms with Gasteiger partial charge in [0.1, 0.15) is 0 Å². The number of hydrogen-bond acceptors (Lipinski definition) is 4. The second kappa shape index (κ2) is 6.87. The van der Waals surface area contributed by atoms with Crippen LogP contribution in [-0.2, 0) is 20.8 Å². The van der Waals surface area contributed by atoms with Gasteiger partial charge in [-0.2, -0.15) is 0 Å². The molecule has 0 aliphatic rings. The summed E-state index contributed by atoms with van der Waals surface area (Å²) >= 11 is 5.78. The Kier molecular flexibility index (Phi) is 5.92. The molecule has 0 spiro atoms. The summed E-state index contributed by atoms with van der Waals surface area (Å²) in [6.45, 7) is 3.03. The van der Waals surface area contributed by atoms with Crippen molar-refractivity contribution in [3.63, 3.8) is 0 Å². The summed E-state index contributed by atoms with van der Waals surface area (Å²) in [7, 11) is -5.10. The molecule has 0 aromatic heterocycles. The van der Waals surface area contributed by atoms with Gasteiger partial charge in [0, 0.05) is 33.9 Å². The Morgan fingerprint density at radius 3 is 2.52 bits per heavy atom. The van der Waals surface area contributed by atoms with Gasteiger partial charge in [-0.3, -0.25) is 4.21 Å². The van der Waals surface area contributed by atoms with Crippen LogP contribution in [0.25, 0.3) is 0 Å².